The van der Waals surface area contributed by atoms with Gasteiger partial charge in [0, 0.05) is 5.92 Å². The second-order valence-corrected chi connectivity index (χ2v) is 5.26. The van der Waals surface area contributed by atoms with E-state index < -0.39 is 0 Å². The zero-order chi connectivity index (χ0) is 12.5. The quantitative estimate of drug-likeness (QED) is 0.807. The summed E-state index contributed by atoms with van der Waals surface area (Å²) in [5, 5.41) is 10.0. The lowest BCUT2D eigenvalue weighted by Crippen LogP contribution is -2.23. The highest BCUT2D eigenvalue weighted by Crippen LogP contribution is 2.36. The lowest BCUT2D eigenvalue weighted by molar-refractivity contribution is 0.152. The van der Waals surface area contributed by atoms with E-state index in [1.165, 1.54) is 22.3 Å². The molecule has 2 aromatic rings. The number of benzene rings is 2. The Hall–Kier alpha value is -1.60. The van der Waals surface area contributed by atoms with Crippen molar-refractivity contribution in [3.8, 4) is 0 Å². The van der Waals surface area contributed by atoms with E-state index in [0.717, 1.165) is 12.8 Å². The summed E-state index contributed by atoms with van der Waals surface area (Å²) in [5.74, 6) is 0.338. The average molecular weight is 238 g/mol. The van der Waals surface area contributed by atoms with Gasteiger partial charge in [-0.3, -0.25) is 0 Å². The van der Waals surface area contributed by atoms with Gasteiger partial charge < -0.3 is 5.11 Å². The standard InChI is InChI=1S/C17H18O/c1-12-6-8-13(9-7-12)17-11-15(18)10-14-4-2-3-5-16(14)17/h2-9,15,17-18H,10-11H2,1H3/t15-,17+/m0/s1. The normalized spacial score (nSPS) is 22.6. The van der Waals surface area contributed by atoms with Gasteiger partial charge in [-0.15, -0.1) is 0 Å². The fourth-order valence-electron chi connectivity index (χ4n) is 2.91. The van der Waals surface area contributed by atoms with Gasteiger partial charge in [0.25, 0.3) is 0 Å². The molecule has 2 atom stereocenters. The van der Waals surface area contributed by atoms with Crippen LogP contribution in [0.1, 0.15) is 34.6 Å². The van der Waals surface area contributed by atoms with Crippen molar-refractivity contribution in [1.82, 2.24) is 0 Å². The Morgan fingerprint density at radius 3 is 2.50 bits per heavy atom. The predicted octanol–water partition coefficient (Wildman–Crippen LogP) is 3.43. The number of hydrogen-bond donors (Lipinski definition) is 1. The first-order valence-corrected chi connectivity index (χ1v) is 6.56. The van der Waals surface area contributed by atoms with Crippen LogP contribution in [-0.2, 0) is 6.42 Å². The molecule has 0 saturated carbocycles. The van der Waals surface area contributed by atoms with Gasteiger partial charge >= 0.3 is 0 Å². The van der Waals surface area contributed by atoms with E-state index in [9.17, 15) is 5.11 Å². The van der Waals surface area contributed by atoms with E-state index in [1.807, 2.05) is 0 Å². The Bertz CT molecular complexity index is 542. The van der Waals surface area contributed by atoms with Crippen molar-refractivity contribution in [1.29, 1.82) is 0 Å². The van der Waals surface area contributed by atoms with E-state index in [-0.39, 0.29) is 6.10 Å². The van der Waals surface area contributed by atoms with Crippen molar-refractivity contribution < 1.29 is 5.11 Å². The minimum Gasteiger partial charge on any atom is -0.393 e. The maximum atomic E-state index is 10.0. The molecule has 1 heteroatoms. The Morgan fingerprint density at radius 2 is 1.72 bits per heavy atom. The highest BCUT2D eigenvalue weighted by Gasteiger charge is 2.26. The van der Waals surface area contributed by atoms with Gasteiger partial charge in [-0.1, -0.05) is 54.1 Å². The van der Waals surface area contributed by atoms with Crippen molar-refractivity contribution in [2.45, 2.75) is 31.8 Å². The van der Waals surface area contributed by atoms with E-state index in [1.54, 1.807) is 0 Å². The van der Waals surface area contributed by atoms with Crippen LogP contribution in [0.15, 0.2) is 48.5 Å². The number of aliphatic hydroxyl groups excluding tert-OH is 1. The molecule has 0 bridgehead atoms. The fourth-order valence-corrected chi connectivity index (χ4v) is 2.91. The van der Waals surface area contributed by atoms with E-state index in [4.69, 9.17) is 0 Å². The fraction of sp³-hybridized carbons (Fsp3) is 0.294. The summed E-state index contributed by atoms with van der Waals surface area (Å²) in [6.45, 7) is 2.10. The molecule has 2 aromatic carbocycles. The third-order valence-corrected chi connectivity index (χ3v) is 3.87. The Balaban J connectivity index is 2.04. The van der Waals surface area contributed by atoms with Gasteiger partial charge in [0.05, 0.1) is 6.10 Å². The maximum absolute atomic E-state index is 10.0. The molecule has 0 fully saturated rings. The van der Waals surface area contributed by atoms with Crippen LogP contribution in [0, 0.1) is 6.92 Å². The van der Waals surface area contributed by atoms with Crippen LogP contribution < -0.4 is 0 Å². The molecule has 92 valence electrons. The van der Waals surface area contributed by atoms with Crippen molar-refractivity contribution in [2.24, 2.45) is 0 Å². The van der Waals surface area contributed by atoms with Gasteiger partial charge in [0.2, 0.25) is 0 Å². The third kappa shape index (κ3) is 2.06. The number of aryl methyl sites for hydroxylation is 1. The molecular formula is C17H18O. The zero-order valence-corrected chi connectivity index (χ0v) is 10.6. The molecule has 0 amide bonds. The Morgan fingerprint density at radius 1 is 1.00 bits per heavy atom. The van der Waals surface area contributed by atoms with Crippen molar-refractivity contribution in [3.05, 3.63) is 70.8 Å². The lowest BCUT2D eigenvalue weighted by Gasteiger charge is -2.29. The molecule has 0 unspecified atom stereocenters. The van der Waals surface area contributed by atoms with Gasteiger partial charge in [-0.25, -0.2) is 0 Å². The van der Waals surface area contributed by atoms with Crippen LogP contribution in [-0.4, -0.2) is 11.2 Å². The zero-order valence-electron chi connectivity index (χ0n) is 10.6. The van der Waals surface area contributed by atoms with Crippen LogP contribution in [0.5, 0.6) is 0 Å². The summed E-state index contributed by atoms with van der Waals surface area (Å²) >= 11 is 0. The van der Waals surface area contributed by atoms with Crippen molar-refractivity contribution >= 4 is 0 Å². The van der Waals surface area contributed by atoms with E-state index in [0.29, 0.717) is 5.92 Å². The van der Waals surface area contributed by atoms with Crippen LogP contribution >= 0.6 is 0 Å². The average Bonchev–Trinajstić information content (AvgIpc) is 2.38. The molecule has 3 rings (SSSR count). The molecular weight excluding hydrogens is 220 g/mol. The molecule has 1 N–H and O–H groups in total. The highest BCUT2D eigenvalue weighted by molar-refractivity contribution is 5.41. The maximum Gasteiger partial charge on any atom is 0.0589 e. The van der Waals surface area contributed by atoms with Crippen LogP contribution in [0.3, 0.4) is 0 Å². The summed E-state index contributed by atoms with van der Waals surface area (Å²) in [6, 6.07) is 17.2. The summed E-state index contributed by atoms with van der Waals surface area (Å²) in [7, 11) is 0. The largest absolute Gasteiger partial charge is 0.393 e. The van der Waals surface area contributed by atoms with Crippen LogP contribution in [0.4, 0.5) is 0 Å². The number of hydrogen-bond acceptors (Lipinski definition) is 1. The molecule has 0 aliphatic heterocycles. The van der Waals surface area contributed by atoms with Crippen LogP contribution in [0.25, 0.3) is 0 Å². The molecule has 18 heavy (non-hydrogen) atoms. The minimum absolute atomic E-state index is 0.216. The number of rotatable bonds is 1. The summed E-state index contributed by atoms with van der Waals surface area (Å²) in [5.41, 5.74) is 5.27. The van der Waals surface area contributed by atoms with Crippen molar-refractivity contribution in [2.75, 3.05) is 0 Å². The number of fused-ring (bicyclic) bond motifs is 1. The van der Waals surface area contributed by atoms with E-state index in [2.05, 4.69) is 55.5 Å². The SMILES string of the molecule is Cc1ccc([C@H]2C[C@@H](O)Cc3ccccc32)cc1. The second-order valence-electron chi connectivity index (χ2n) is 5.26. The van der Waals surface area contributed by atoms with Gasteiger partial charge in [0.1, 0.15) is 0 Å². The minimum atomic E-state index is -0.216. The molecule has 0 heterocycles. The van der Waals surface area contributed by atoms with Crippen molar-refractivity contribution in [3.63, 3.8) is 0 Å². The molecule has 1 nitrogen and oxygen atoms in total. The summed E-state index contributed by atoms with van der Waals surface area (Å²) in [4.78, 5) is 0. The Kier molecular flexibility index (Phi) is 2.92. The summed E-state index contributed by atoms with van der Waals surface area (Å²) < 4.78 is 0. The Labute approximate surface area is 108 Å². The van der Waals surface area contributed by atoms with Gasteiger partial charge in [-0.05, 0) is 36.5 Å². The van der Waals surface area contributed by atoms with Gasteiger partial charge in [-0.2, -0.15) is 0 Å². The smallest absolute Gasteiger partial charge is 0.0589 e. The first-order chi connectivity index (χ1) is 8.74. The highest BCUT2D eigenvalue weighted by atomic mass is 16.3. The molecule has 1 aliphatic rings. The predicted molar refractivity (Wildman–Crippen MR) is 73.8 cm³/mol. The monoisotopic (exact) mass is 238 g/mol. The molecule has 1 aliphatic carbocycles. The molecule has 0 aromatic heterocycles. The molecule has 0 spiro atoms. The lowest BCUT2D eigenvalue weighted by atomic mass is 9.77. The molecule has 0 saturated heterocycles. The third-order valence-electron chi connectivity index (χ3n) is 3.87. The topological polar surface area (TPSA) is 20.2 Å². The van der Waals surface area contributed by atoms with Gasteiger partial charge in [0.15, 0.2) is 0 Å². The van der Waals surface area contributed by atoms with Crippen LogP contribution in [0.2, 0.25) is 0 Å². The number of aliphatic hydroxyl groups is 1. The first kappa shape index (κ1) is 11.5. The second kappa shape index (κ2) is 4.58. The van der Waals surface area contributed by atoms with E-state index >= 15 is 0 Å². The molecule has 0 radical (unpaired) electrons. The summed E-state index contributed by atoms with van der Waals surface area (Å²) in [6.07, 6.45) is 1.41. The first-order valence-electron chi connectivity index (χ1n) is 6.56.